The lowest BCUT2D eigenvalue weighted by molar-refractivity contribution is -0.199. The van der Waals surface area contributed by atoms with E-state index in [9.17, 15) is 15.3 Å². The molecule has 4 atom stereocenters. The van der Waals surface area contributed by atoms with Crippen molar-refractivity contribution in [2.24, 2.45) is 0 Å². The maximum atomic E-state index is 9.82. The van der Waals surface area contributed by atoms with Crippen LogP contribution in [0.15, 0.2) is 12.2 Å². The summed E-state index contributed by atoms with van der Waals surface area (Å²) in [6.45, 7) is 3.18. The van der Waals surface area contributed by atoms with Crippen molar-refractivity contribution >= 4 is 0 Å². The van der Waals surface area contributed by atoms with Gasteiger partial charge in [0.15, 0.2) is 0 Å². The summed E-state index contributed by atoms with van der Waals surface area (Å²) >= 11 is 0. The summed E-state index contributed by atoms with van der Waals surface area (Å²) in [7, 11) is 0. The Morgan fingerprint density at radius 2 is 1.36 bits per heavy atom. The van der Waals surface area contributed by atoms with E-state index in [1.807, 2.05) is 0 Å². The summed E-state index contributed by atoms with van der Waals surface area (Å²) in [5.41, 5.74) is 0. The highest BCUT2D eigenvalue weighted by Crippen LogP contribution is 2.16. The Kier molecular flexibility index (Phi) is 15.9. The average Bonchev–Trinajstić information content (AvgIpc) is 2.70. The zero-order chi connectivity index (χ0) is 20.5. The first-order valence-corrected chi connectivity index (χ1v) is 11.5. The number of unbranched alkanes of at least 4 members (excludes halogenated alkanes) is 11. The van der Waals surface area contributed by atoms with Gasteiger partial charge in [0.25, 0.3) is 0 Å². The molecule has 0 unspecified atom stereocenters. The van der Waals surface area contributed by atoms with Crippen LogP contribution in [0.25, 0.3) is 0 Å². The zero-order valence-corrected chi connectivity index (χ0v) is 17.9. The van der Waals surface area contributed by atoms with E-state index in [-0.39, 0.29) is 13.2 Å². The van der Waals surface area contributed by atoms with Gasteiger partial charge in [-0.2, -0.15) is 0 Å². The molecule has 0 spiro atoms. The summed E-state index contributed by atoms with van der Waals surface area (Å²) in [6, 6.07) is 0. The second-order valence-electron chi connectivity index (χ2n) is 8.08. The molecular formula is C23H44O5. The fourth-order valence-electron chi connectivity index (χ4n) is 3.50. The van der Waals surface area contributed by atoms with Crippen molar-refractivity contribution in [2.45, 2.75) is 115 Å². The van der Waals surface area contributed by atoms with Crippen LogP contribution >= 0.6 is 0 Å². The largest absolute Gasteiger partial charge is 0.388 e. The van der Waals surface area contributed by atoms with Crippen LogP contribution in [0.1, 0.15) is 90.4 Å². The van der Waals surface area contributed by atoms with Crippen molar-refractivity contribution in [3.05, 3.63) is 12.2 Å². The fourth-order valence-corrected chi connectivity index (χ4v) is 3.50. The molecule has 28 heavy (non-hydrogen) atoms. The average molecular weight is 401 g/mol. The Bertz CT molecular complexity index is 374. The van der Waals surface area contributed by atoms with Gasteiger partial charge in [0.1, 0.15) is 24.4 Å². The maximum absolute atomic E-state index is 9.82. The smallest absolute Gasteiger partial charge is 0.111 e. The second kappa shape index (κ2) is 17.4. The molecule has 0 bridgehead atoms. The number of aliphatic hydroxyl groups excluding tert-OH is 3. The van der Waals surface area contributed by atoms with E-state index in [4.69, 9.17) is 9.47 Å². The molecule has 1 aliphatic rings. The van der Waals surface area contributed by atoms with E-state index >= 15 is 0 Å². The summed E-state index contributed by atoms with van der Waals surface area (Å²) in [6.07, 6.45) is 17.4. The number of allylic oxidation sites excluding steroid dienone is 2. The molecule has 166 valence electrons. The molecule has 1 rings (SSSR count). The van der Waals surface area contributed by atoms with Crippen molar-refractivity contribution in [3.63, 3.8) is 0 Å². The Morgan fingerprint density at radius 3 is 2.00 bits per heavy atom. The molecule has 5 nitrogen and oxygen atoms in total. The van der Waals surface area contributed by atoms with Crippen LogP contribution in [0, 0.1) is 0 Å². The first kappa shape index (κ1) is 25.6. The zero-order valence-electron chi connectivity index (χ0n) is 17.9. The highest BCUT2D eigenvalue weighted by Gasteiger charge is 2.37. The van der Waals surface area contributed by atoms with Crippen molar-refractivity contribution < 1.29 is 24.8 Å². The Hall–Kier alpha value is -0.460. The van der Waals surface area contributed by atoms with E-state index < -0.39 is 24.4 Å². The molecule has 1 aliphatic heterocycles. The van der Waals surface area contributed by atoms with Gasteiger partial charge in [0.05, 0.1) is 13.2 Å². The molecule has 1 fully saturated rings. The molecule has 3 N–H and O–H groups in total. The minimum Gasteiger partial charge on any atom is -0.388 e. The van der Waals surface area contributed by atoms with E-state index in [1.165, 1.54) is 77.0 Å². The van der Waals surface area contributed by atoms with E-state index in [1.54, 1.807) is 0 Å². The Balaban J connectivity index is 1.79. The molecule has 0 aromatic heterocycles. The van der Waals surface area contributed by atoms with Gasteiger partial charge in [-0.25, -0.2) is 0 Å². The van der Waals surface area contributed by atoms with Crippen LogP contribution in [0.5, 0.6) is 0 Å². The quantitative estimate of drug-likeness (QED) is 0.253. The monoisotopic (exact) mass is 400 g/mol. The Labute approximate surface area is 172 Å². The van der Waals surface area contributed by atoms with Gasteiger partial charge in [0, 0.05) is 6.61 Å². The topological polar surface area (TPSA) is 79.2 Å². The molecule has 0 aromatic carbocycles. The molecule has 1 saturated heterocycles. The van der Waals surface area contributed by atoms with E-state index in [2.05, 4.69) is 19.1 Å². The minimum absolute atomic E-state index is 0.0439. The third kappa shape index (κ3) is 12.2. The minimum atomic E-state index is -1.15. The molecule has 0 radical (unpaired) electrons. The Morgan fingerprint density at radius 1 is 0.786 bits per heavy atom. The van der Waals surface area contributed by atoms with Crippen LogP contribution in [0.3, 0.4) is 0 Å². The van der Waals surface area contributed by atoms with Crippen LogP contribution in [0.4, 0.5) is 0 Å². The first-order chi connectivity index (χ1) is 13.7. The molecule has 5 heteroatoms. The van der Waals surface area contributed by atoms with Crippen molar-refractivity contribution in [1.82, 2.24) is 0 Å². The van der Waals surface area contributed by atoms with Gasteiger partial charge in [-0.1, -0.05) is 76.9 Å². The number of hydrogen-bond donors (Lipinski definition) is 3. The van der Waals surface area contributed by atoms with Gasteiger partial charge in [-0.05, 0) is 25.7 Å². The van der Waals surface area contributed by atoms with Crippen LogP contribution in [-0.2, 0) is 9.47 Å². The van der Waals surface area contributed by atoms with E-state index in [0.717, 1.165) is 6.42 Å². The van der Waals surface area contributed by atoms with Crippen LogP contribution < -0.4 is 0 Å². The van der Waals surface area contributed by atoms with Crippen molar-refractivity contribution in [3.8, 4) is 0 Å². The maximum Gasteiger partial charge on any atom is 0.111 e. The summed E-state index contributed by atoms with van der Waals surface area (Å²) in [5.74, 6) is 0. The standard InChI is InChI=1S/C23H44O5/c1-2-3-4-5-6-7-8-9-10-11-12-13-14-15-16-17-27-19-21-23(26)22(25)20(24)18-28-21/h4-5,20-26H,2-3,6-19H2,1H3/b5-4+/t20-,21+,22+,23+/m0/s1. The second-order valence-corrected chi connectivity index (χ2v) is 8.08. The third-order valence-corrected chi connectivity index (χ3v) is 5.42. The fraction of sp³-hybridized carbons (Fsp3) is 0.913. The molecular weight excluding hydrogens is 356 g/mol. The van der Waals surface area contributed by atoms with Gasteiger partial charge in [-0.3, -0.25) is 0 Å². The number of ether oxygens (including phenoxy) is 2. The predicted molar refractivity (Wildman–Crippen MR) is 113 cm³/mol. The first-order valence-electron chi connectivity index (χ1n) is 11.5. The molecule has 0 saturated carbocycles. The summed E-state index contributed by atoms with van der Waals surface area (Å²) < 4.78 is 10.9. The molecule has 0 aromatic rings. The van der Waals surface area contributed by atoms with Gasteiger partial charge in [0.2, 0.25) is 0 Å². The van der Waals surface area contributed by atoms with Crippen LogP contribution in [-0.4, -0.2) is 59.6 Å². The van der Waals surface area contributed by atoms with Gasteiger partial charge >= 0.3 is 0 Å². The normalized spacial score (nSPS) is 25.6. The lowest BCUT2D eigenvalue weighted by atomic mass is 10.0. The van der Waals surface area contributed by atoms with E-state index in [0.29, 0.717) is 6.61 Å². The highest BCUT2D eigenvalue weighted by atomic mass is 16.6. The number of rotatable bonds is 17. The lowest BCUT2D eigenvalue weighted by Crippen LogP contribution is -2.54. The SMILES string of the molecule is CCC/C=C/CCCCCCCCCCCCOC[C@H]1OC[C@H](O)[C@@H](O)[C@@H]1O. The molecule has 0 aliphatic carbocycles. The molecule has 1 heterocycles. The summed E-state index contributed by atoms with van der Waals surface area (Å²) in [5, 5.41) is 28.9. The predicted octanol–water partition coefficient (Wildman–Crippen LogP) is 4.13. The molecule has 0 amide bonds. The van der Waals surface area contributed by atoms with Crippen LogP contribution in [0.2, 0.25) is 0 Å². The van der Waals surface area contributed by atoms with Gasteiger partial charge < -0.3 is 24.8 Å². The third-order valence-electron chi connectivity index (χ3n) is 5.42. The van der Waals surface area contributed by atoms with Crippen molar-refractivity contribution in [1.29, 1.82) is 0 Å². The van der Waals surface area contributed by atoms with Crippen molar-refractivity contribution in [2.75, 3.05) is 19.8 Å². The van der Waals surface area contributed by atoms with Gasteiger partial charge in [-0.15, -0.1) is 0 Å². The number of aliphatic hydroxyl groups is 3. The number of hydrogen-bond acceptors (Lipinski definition) is 5. The highest BCUT2D eigenvalue weighted by molar-refractivity contribution is 4.86. The lowest BCUT2D eigenvalue weighted by Gasteiger charge is -2.35. The summed E-state index contributed by atoms with van der Waals surface area (Å²) in [4.78, 5) is 0.